The van der Waals surface area contributed by atoms with Gasteiger partial charge in [0.1, 0.15) is 6.04 Å². The maximum absolute atomic E-state index is 11.1. The average Bonchev–Trinajstić information content (AvgIpc) is 2.26. The summed E-state index contributed by atoms with van der Waals surface area (Å²) < 4.78 is 4.58. The first-order chi connectivity index (χ1) is 7.13. The Bertz CT molecular complexity index is 203. The predicted molar refractivity (Wildman–Crippen MR) is 58.5 cm³/mol. The van der Waals surface area contributed by atoms with Crippen LogP contribution in [0.5, 0.6) is 0 Å². The van der Waals surface area contributed by atoms with Gasteiger partial charge in [0.25, 0.3) is 0 Å². The van der Waals surface area contributed by atoms with Gasteiger partial charge in [0.15, 0.2) is 0 Å². The van der Waals surface area contributed by atoms with E-state index in [4.69, 9.17) is 5.73 Å². The zero-order chi connectivity index (χ0) is 11.3. The first kappa shape index (κ1) is 12.4. The quantitative estimate of drug-likeness (QED) is 0.617. The molecule has 1 aliphatic heterocycles. The Balaban J connectivity index is 2.17. The third-order valence-corrected chi connectivity index (χ3v) is 2.86. The molecule has 5 nitrogen and oxygen atoms in total. The summed E-state index contributed by atoms with van der Waals surface area (Å²) in [4.78, 5) is 15.7. The lowest BCUT2D eigenvalue weighted by molar-refractivity contribution is -0.142. The number of piperazine rings is 1. The molecule has 88 valence electrons. The Hall–Kier alpha value is -0.650. The normalized spacial score (nSPS) is 21.3. The molecule has 0 spiro atoms. The zero-order valence-electron chi connectivity index (χ0n) is 9.61. The van der Waals surface area contributed by atoms with Gasteiger partial charge in [0.05, 0.1) is 7.11 Å². The highest BCUT2D eigenvalue weighted by Crippen LogP contribution is 2.01. The van der Waals surface area contributed by atoms with Gasteiger partial charge in [0.2, 0.25) is 0 Å². The summed E-state index contributed by atoms with van der Waals surface area (Å²) in [6, 6.07) is -0.477. The predicted octanol–water partition coefficient (Wildman–Crippen LogP) is -0.876. The van der Waals surface area contributed by atoms with E-state index >= 15 is 0 Å². The van der Waals surface area contributed by atoms with Crippen molar-refractivity contribution >= 4 is 5.97 Å². The van der Waals surface area contributed by atoms with Crippen molar-refractivity contribution in [2.24, 2.45) is 5.73 Å². The van der Waals surface area contributed by atoms with Crippen LogP contribution >= 0.6 is 0 Å². The highest BCUT2D eigenvalue weighted by molar-refractivity contribution is 5.75. The highest BCUT2D eigenvalue weighted by Gasteiger charge is 2.17. The minimum Gasteiger partial charge on any atom is -0.468 e. The van der Waals surface area contributed by atoms with Crippen molar-refractivity contribution in [3.63, 3.8) is 0 Å². The molecule has 1 fully saturated rings. The Labute approximate surface area is 91.2 Å². The van der Waals surface area contributed by atoms with Crippen LogP contribution in [0.2, 0.25) is 0 Å². The molecule has 2 N–H and O–H groups in total. The number of ether oxygens (including phenoxy) is 1. The molecule has 0 radical (unpaired) electrons. The first-order valence-electron chi connectivity index (χ1n) is 5.38. The van der Waals surface area contributed by atoms with Crippen molar-refractivity contribution in [1.82, 2.24) is 9.80 Å². The molecule has 1 aliphatic rings. The van der Waals surface area contributed by atoms with E-state index in [9.17, 15) is 4.79 Å². The molecule has 0 bridgehead atoms. The third-order valence-electron chi connectivity index (χ3n) is 2.86. The van der Waals surface area contributed by atoms with Crippen LogP contribution < -0.4 is 5.73 Å². The van der Waals surface area contributed by atoms with Gasteiger partial charge in [-0.2, -0.15) is 0 Å². The molecule has 0 amide bonds. The molecule has 0 aromatic heterocycles. The number of nitrogens with zero attached hydrogens (tertiary/aromatic N) is 2. The molecule has 1 saturated heterocycles. The summed E-state index contributed by atoms with van der Waals surface area (Å²) in [5.41, 5.74) is 5.66. The van der Waals surface area contributed by atoms with Crippen molar-refractivity contribution in [2.75, 3.05) is 46.9 Å². The summed E-state index contributed by atoms with van der Waals surface area (Å²) in [6.07, 6.45) is 0.677. The minimum absolute atomic E-state index is 0.316. The molecule has 1 rings (SSSR count). The molecule has 1 atom stereocenters. The van der Waals surface area contributed by atoms with Crippen LogP contribution in [-0.2, 0) is 9.53 Å². The van der Waals surface area contributed by atoms with E-state index < -0.39 is 6.04 Å². The third kappa shape index (κ3) is 4.15. The molecular formula is C10H21N3O2. The van der Waals surface area contributed by atoms with Gasteiger partial charge in [-0.3, -0.25) is 4.79 Å². The van der Waals surface area contributed by atoms with Crippen LogP contribution in [-0.4, -0.2) is 68.7 Å². The number of methoxy groups -OCH3 is 1. The second-order valence-corrected chi connectivity index (χ2v) is 4.06. The topological polar surface area (TPSA) is 58.8 Å². The molecule has 0 aliphatic carbocycles. The van der Waals surface area contributed by atoms with Crippen LogP contribution in [0, 0.1) is 0 Å². The zero-order valence-corrected chi connectivity index (χ0v) is 9.61. The lowest BCUT2D eigenvalue weighted by atomic mass is 10.2. The van der Waals surface area contributed by atoms with Crippen molar-refractivity contribution in [3.05, 3.63) is 0 Å². The summed E-state index contributed by atoms with van der Waals surface area (Å²) in [5.74, 6) is -0.316. The van der Waals surface area contributed by atoms with Crippen molar-refractivity contribution in [2.45, 2.75) is 12.5 Å². The van der Waals surface area contributed by atoms with Crippen LogP contribution in [0.15, 0.2) is 0 Å². The number of nitrogens with two attached hydrogens (primary N) is 1. The fourth-order valence-corrected chi connectivity index (χ4v) is 1.66. The van der Waals surface area contributed by atoms with Gasteiger partial charge in [-0.1, -0.05) is 0 Å². The fraction of sp³-hybridized carbons (Fsp3) is 0.900. The van der Waals surface area contributed by atoms with E-state index in [-0.39, 0.29) is 5.97 Å². The van der Waals surface area contributed by atoms with Gasteiger partial charge >= 0.3 is 5.97 Å². The lowest BCUT2D eigenvalue weighted by Gasteiger charge is -2.32. The molecule has 15 heavy (non-hydrogen) atoms. The Kier molecular flexibility index (Phi) is 5.01. The molecule has 0 aromatic carbocycles. The number of likely N-dealkylation sites (N-methyl/N-ethyl adjacent to an activating group) is 1. The van der Waals surface area contributed by atoms with Gasteiger partial charge in [-0.15, -0.1) is 0 Å². The standard InChI is InChI=1S/C10H21N3O2/c1-12-5-7-13(8-6-12)4-3-9(11)10(14)15-2/h9H,3-8,11H2,1-2H3/t9-/m1/s1. The molecule has 0 unspecified atom stereocenters. The van der Waals surface area contributed by atoms with Crippen LogP contribution in [0.3, 0.4) is 0 Å². The minimum atomic E-state index is -0.477. The van der Waals surface area contributed by atoms with E-state index in [0.717, 1.165) is 32.7 Å². The van der Waals surface area contributed by atoms with Gasteiger partial charge in [-0.25, -0.2) is 0 Å². The number of esters is 1. The van der Waals surface area contributed by atoms with E-state index in [2.05, 4.69) is 21.6 Å². The number of hydrogen-bond acceptors (Lipinski definition) is 5. The number of carbonyl (C=O) groups excluding carboxylic acids is 1. The SMILES string of the molecule is COC(=O)[C@H](N)CCN1CCN(C)CC1. The molecule has 0 saturated carbocycles. The van der Waals surface area contributed by atoms with Crippen LogP contribution in [0.4, 0.5) is 0 Å². The highest BCUT2D eigenvalue weighted by atomic mass is 16.5. The van der Waals surface area contributed by atoms with Crippen molar-refractivity contribution < 1.29 is 9.53 Å². The summed E-state index contributed by atoms with van der Waals surface area (Å²) in [7, 11) is 3.50. The van der Waals surface area contributed by atoms with Crippen molar-refractivity contribution in [1.29, 1.82) is 0 Å². The first-order valence-corrected chi connectivity index (χ1v) is 5.38. The monoisotopic (exact) mass is 215 g/mol. The lowest BCUT2D eigenvalue weighted by Crippen LogP contribution is -2.46. The van der Waals surface area contributed by atoms with Crippen molar-refractivity contribution in [3.8, 4) is 0 Å². The van der Waals surface area contributed by atoms with Gasteiger partial charge in [0, 0.05) is 32.7 Å². The number of hydrogen-bond donors (Lipinski definition) is 1. The number of rotatable bonds is 4. The summed E-state index contributed by atoms with van der Waals surface area (Å²) >= 11 is 0. The Morgan fingerprint density at radius 3 is 2.53 bits per heavy atom. The summed E-state index contributed by atoms with van der Waals surface area (Å²) in [6.45, 7) is 5.18. The molecular weight excluding hydrogens is 194 g/mol. The van der Waals surface area contributed by atoms with E-state index in [1.807, 2.05) is 0 Å². The van der Waals surface area contributed by atoms with E-state index in [0.29, 0.717) is 6.42 Å². The largest absolute Gasteiger partial charge is 0.468 e. The van der Waals surface area contributed by atoms with Gasteiger partial charge in [-0.05, 0) is 13.5 Å². The molecule has 0 aromatic rings. The Morgan fingerprint density at radius 2 is 2.00 bits per heavy atom. The smallest absolute Gasteiger partial charge is 0.322 e. The molecule has 1 heterocycles. The van der Waals surface area contributed by atoms with Crippen LogP contribution in [0.1, 0.15) is 6.42 Å². The average molecular weight is 215 g/mol. The Morgan fingerprint density at radius 1 is 1.40 bits per heavy atom. The van der Waals surface area contributed by atoms with E-state index in [1.165, 1.54) is 7.11 Å². The maximum Gasteiger partial charge on any atom is 0.322 e. The van der Waals surface area contributed by atoms with Crippen LogP contribution in [0.25, 0.3) is 0 Å². The number of carbonyl (C=O) groups is 1. The second-order valence-electron chi connectivity index (χ2n) is 4.06. The summed E-state index contributed by atoms with van der Waals surface area (Å²) in [5, 5.41) is 0. The maximum atomic E-state index is 11.1. The van der Waals surface area contributed by atoms with E-state index in [1.54, 1.807) is 0 Å². The second kappa shape index (κ2) is 6.05. The molecule has 5 heteroatoms. The van der Waals surface area contributed by atoms with Gasteiger partial charge < -0.3 is 20.3 Å². The fourth-order valence-electron chi connectivity index (χ4n) is 1.66.